The second-order valence-electron chi connectivity index (χ2n) is 7.79. The smallest absolute Gasteiger partial charge is 0.234 e. The van der Waals surface area contributed by atoms with E-state index in [2.05, 4.69) is 39.3 Å². The zero-order valence-corrected chi connectivity index (χ0v) is 19.3. The number of aryl methyl sites for hydroxylation is 1. The summed E-state index contributed by atoms with van der Waals surface area (Å²) >= 11 is 0. The van der Waals surface area contributed by atoms with Crippen LogP contribution in [0.2, 0.25) is 0 Å². The number of amides is 1. The average Bonchev–Trinajstić information content (AvgIpc) is 3.27. The lowest BCUT2D eigenvalue weighted by atomic mass is 10.1. The lowest BCUT2D eigenvalue weighted by Crippen LogP contribution is -2.54. The summed E-state index contributed by atoms with van der Waals surface area (Å²) in [6.45, 7) is 10.1. The van der Waals surface area contributed by atoms with Crippen molar-refractivity contribution in [3.63, 3.8) is 0 Å². The summed E-state index contributed by atoms with van der Waals surface area (Å²) in [7, 11) is 1.63. The molecule has 1 aliphatic rings. The van der Waals surface area contributed by atoms with E-state index in [1.54, 1.807) is 13.4 Å². The van der Waals surface area contributed by atoms with Crippen LogP contribution in [0.25, 0.3) is 11.5 Å². The molecular weight excluding hydrogens is 408 g/mol. The Hall–Kier alpha value is -2.91. The van der Waals surface area contributed by atoms with E-state index in [4.69, 9.17) is 14.1 Å². The first-order valence-corrected chi connectivity index (χ1v) is 11.1. The van der Waals surface area contributed by atoms with Crippen molar-refractivity contribution in [2.75, 3.05) is 59.5 Å². The second kappa shape index (κ2) is 12.2. The number of aliphatic imine (C=N–C) groups is 1. The van der Waals surface area contributed by atoms with E-state index in [0.29, 0.717) is 32.1 Å². The number of guanidine groups is 1. The zero-order chi connectivity index (χ0) is 22.8. The van der Waals surface area contributed by atoms with Crippen molar-refractivity contribution < 1.29 is 13.9 Å². The molecule has 1 aliphatic heterocycles. The van der Waals surface area contributed by atoms with E-state index >= 15 is 0 Å². The molecule has 0 unspecified atom stereocenters. The van der Waals surface area contributed by atoms with Gasteiger partial charge in [0.1, 0.15) is 12.0 Å². The predicted molar refractivity (Wildman–Crippen MR) is 124 cm³/mol. The van der Waals surface area contributed by atoms with Crippen molar-refractivity contribution in [1.82, 2.24) is 25.4 Å². The quantitative estimate of drug-likeness (QED) is 0.345. The molecule has 0 radical (unpaired) electrons. The molecule has 1 aromatic heterocycles. The molecule has 1 amide bonds. The van der Waals surface area contributed by atoms with Crippen molar-refractivity contribution in [3.8, 4) is 11.5 Å². The molecule has 0 spiro atoms. The number of oxazole rings is 1. The molecule has 2 N–H and O–H groups in total. The number of carbonyl (C=O) groups excluding carboxylic acids is 1. The number of methoxy groups -OCH3 is 1. The third-order valence-corrected chi connectivity index (χ3v) is 5.24. The highest BCUT2D eigenvalue weighted by molar-refractivity contribution is 5.80. The SMILES string of the molecule is CCNC(=NCc1coc(-c2ccc(C)cc2)n1)N1CCN(CC(=O)NCCOC)CC1. The molecule has 9 nitrogen and oxygen atoms in total. The summed E-state index contributed by atoms with van der Waals surface area (Å²) in [6, 6.07) is 8.11. The van der Waals surface area contributed by atoms with Crippen molar-refractivity contribution >= 4 is 11.9 Å². The summed E-state index contributed by atoms with van der Waals surface area (Å²) in [4.78, 5) is 25.7. The summed E-state index contributed by atoms with van der Waals surface area (Å²) in [5.41, 5.74) is 2.95. The van der Waals surface area contributed by atoms with Gasteiger partial charge < -0.3 is 24.7 Å². The van der Waals surface area contributed by atoms with Crippen molar-refractivity contribution in [3.05, 3.63) is 41.8 Å². The molecular formula is C23H34N6O3. The zero-order valence-electron chi connectivity index (χ0n) is 19.3. The van der Waals surface area contributed by atoms with Gasteiger partial charge in [0, 0.05) is 51.9 Å². The fraction of sp³-hybridized carbons (Fsp3) is 0.522. The minimum absolute atomic E-state index is 0.0338. The van der Waals surface area contributed by atoms with Gasteiger partial charge in [-0.1, -0.05) is 17.7 Å². The summed E-state index contributed by atoms with van der Waals surface area (Å²) in [5, 5.41) is 6.23. The van der Waals surface area contributed by atoms with Crippen molar-refractivity contribution in [2.24, 2.45) is 4.99 Å². The topological polar surface area (TPSA) is 95.2 Å². The number of hydrogen-bond acceptors (Lipinski definition) is 6. The fourth-order valence-electron chi connectivity index (χ4n) is 3.46. The number of nitrogens with one attached hydrogen (secondary N) is 2. The van der Waals surface area contributed by atoms with Gasteiger partial charge in [-0.15, -0.1) is 0 Å². The van der Waals surface area contributed by atoms with Gasteiger partial charge in [0.15, 0.2) is 5.96 Å². The van der Waals surface area contributed by atoms with Gasteiger partial charge in [0.2, 0.25) is 11.8 Å². The molecule has 1 aromatic carbocycles. The lowest BCUT2D eigenvalue weighted by Gasteiger charge is -2.36. The van der Waals surface area contributed by atoms with Gasteiger partial charge in [0.25, 0.3) is 0 Å². The molecule has 0 aliphatic carbocycles. The molecule has 174 valence electrons. The lowest BCUT2D eigenvalue weighted by molar-refractivity contribution is -0.122. The number of piperazine rings is 1. The van der Waals surface area contributed by atoms with Crippen LogP contribution in [0.1, 0.15) is 18.2 Å². The monoisotopic (exact) mass is 442 g/mol. The molecule has 0 bridgehead atoms. The van der Waals surface area contributed by atoms with E-state index in [1.807, 2.05) is 24.3 Å². The van der Waals surface area contributed by atoms with Crippen LogP contribution >= 0.6 is 0 Å². The van der Waals surface area contributed by atoms with E-state index in [0.717, 1.165) is 49.9 Å². The van der Waals surface area contributed by atoms with Gasteiger partial charge in [0.05, 0.1) is 19.7 Å². The molecule has 1 saturated heterocycles. The number of carbonyl (C=O) groups is 1. The Bertz CT molecular complexity index is 872. The molecule has 0 saturated carbocycles. The number of benzene rings is 1. The van der Waals surface area contributed by atoms with Gasteiger partial charge in [-0.3, -0.25) is 9.69 Å². The highest BCUT2D eigenvalue weighted by atomic mass is 16.5. The van der Waals surface area contributed by atoms with Crippen LogP contribution in [0, 0.1) is 6.92 Å². The molecule has 3 rings (SSSR count). The Morgan fingerprint density at radius 2 is 1.94 bits per heavy atom. The van der Waals surface area contributed by atoms with E-state index < -0.39 is 0 Å². The number of nitrogens with zero attached hydrogens (tertiary/aromatic N) is 4. The highest BCUT2D eigenvalue weighted by Gasteiger charge is 2.21. The maximum atomic E-state index is 12.0. The first-order valence-electron chi connectivity index (χ1n) is 11.1. The third kappa shape index (κ3) is 7.06. The van der Waals surface area contributed by atoms with Gasteiger partial charge in [-0.2, -0.15) is 0 Å². The minimum Gasteiger partial charge on any atom is -0.444 e. The Balaban J connectivity index is 1.52. The van der Waals surface area contributed by atoms with Crippen LogP contribution in [-0.2, 0) is 16.1 Å². The van der Waals surface area contributed by atoms with E-state index in [9.17, 15) is 4.79 Å². The summed E-state index contributed by atoms with van der Waals surface area (Å²) in [5.74, 6) is 1.50. The first-order chi connectivity index (χ1) is 15.6. The average molecular weight is 443 g/mol. The van der Waals surface area contributed by atoms with Crippen molar-refractivity contribution in [1.29, 1.82) is 0 Å². The molecule has 32 heavy (non-hydrogen) atoms. The number of hydrogen-bond donors (Lipinski definition) is 2. The van der Waals surface area contributed by atoms with Crippen LogP contribution in [0.5, 0.6) is 0 Å². The van der Waals surface area contributed by atoms with Crippen LogP contribution in [0.15, 0.2) is 39.9 Å². The second-order valence-corrected chi connectivity index (χ2v) is 7.79. The standard InChI is InChI=1S/C23H34N6O3/c1-4-24-23(29-12-10-28(11-13-29)16-21(30)25-9-14-31-3)26-15-20-17-32-22(27-20)19-7-5-18(2)6-8-19/h5-8,17H,4,9-16H2,1-3H3,(H,24,26)(H,25,30). The molecule has 2 heterocycles. The van der Waals surface area contributed by atoms with Gasteiger partial charge in [-0.25, -0.2) is 9.98 Å². The normalized spacial score (nSPS) is 15.1. The van der Waals surface area contributed by atoms with Crippen LogP contribution in [-0.4, -0.2) is 86.2 Å². The Labute approximate surface area is 189 Å². The number of ether oxygens (including phenoxy) is 1. The van der Waals surface area contributed by atoms with E-state index in [1.165, 1.54) is 5.56 Å². The number of aromatic nitrogens is 1. The predicted octanol–water partition coefficient (Wildman–Crippen LogP) is 1.50. The summed E-state index contributed by atoms with van der Waals surface area (Å²) in [6.07, 6.45) is 1.67. The molecule has 0 atom stereocenters. The van der Waals surface area contributed by atoms with Crippen LogP contribution in [0.4, 0.5) is 0 Å². The minimum atomic E-state index is 0.0338. The molecule has 9 heteroatoms. The van der Waals surface area contributed by atoms with Crippen molar-refractivity contribution in [2.45, 2.75) is 20.4 Å². The molecule has 1 fully saturated rings. The van der Waals surface area contributed by atoms with Gasteiger partial charge in [-0.05, 0) is 26.0 Å². The Morgan fingerprint density at radius 1 is 1.19 bits per heavy atom. The molecule has 2 aromatic rings. The Morgan fingerprint density at radius 3 is 2.62 bits per heavy atom. The largest absolute Gasteiger partial charge is 0.444 e. The van der Waals surface area contributed by atoms with Gasteiger partial charge >= 0.3 is 0 Å². The maximum absolute atomic E-state index is 12.0. The van der Waals surface area contributed by atoms with Crippen LogP contribution < -0.4 is 10.6 Å². The first kappa shape index (κ1) is 23.7. The van der Waals surface area contributed by atoms with E-state index in [-0.39, 0.29) is 5.91 Å². The fourth-order valence-corrected chi connectivity index (χ4v) is 3.46. The summed E-state index contributed by atoms with van der Waals surface area (Å²) < 4.78 is 10.6. The Kier molecular flexibility index (Phi) is 9.06. The third-order valence-electron chi connectivity index (χ3n) is 5.24. The highest BCUT2D eigenvalue weighted by Crippen LogP contribution is 2.19. The number of rotatable bonds is 9. The maximum Gasteiger partial charge on any atom is 0.234 e. The van der Waals surface area contributed by atoms with Crippen LogP contribution in [0.3, 0.4) is 0 Å².